The largest absolute Gasteiger partial charge is 0.423 e. The molecule has 3 nitrogen and oxygen atoms in total. The minimum absolute atomic E-state index is 0.0261. The molecule has 0 heterocycles. The third-order valence-electron chi connectivity index (χ3n) is 7.15. The van der Waals surface area contributed by atoms with Crippen molar-refractivity contribution in [1.29, 1.82) is 0 Å². The highest BCUT2D eigenvalue weighted by Crippen LogP contribution is 2.20. The number of carbonyl (C=O) groups is 1. The van der Waals surface area contributed by atoms with E-state index in [2.05, 4.69) is 20.8 Å². The Hall–Kier alpha value is -2.13. The Bertz CT molecular complexity index is 825. The standard InChI is InChI=1S/C34H52O3/c1-4-6-7-8-9-10-11-12-13-14-15-16-17-18-28-36-29(3)31-22-24-32(25-23-31)34(35)37-33-26-20-30(19-5-2)21-27-33/h20-27,29H,4-19,28H2,1-3H3. The number of aryl methyl sites for hydroxylation is 1. The van der Waals surface area contributed by atoms with E-state index in [1.54, 1.807) is 0 Å². The van der Waals surface area contributed by atoms with Gasteiger partial charge in [0.15, 0.2) is 0 Å². The van der Waals surface area contributed by atoms with Crippen LogP contribution in [-0.2, 0) is 11.2 Å². The second-order valence-electron chi connectivity index (χ2n) is 10.5. The van der Waals surface area contributed by atoms with Gasteiger partial charge in [-0.15, -0.1) is 0 Å². The Morgan fingerprint density at radius 1 is 0.649 bits per heavy atom. The van der Waals surface area contributed by atoms with E-state index in [1.165, 1.54) is 89.0 Å². The van der Waals surface area contributed by atoms with Gasteiger partial charge in [-0.1, -0.05) is 128 Å². The van der Waals surface area contributed by atoms with Crippen LogP contribution in [0.5, 0.6) is 5.75 Å². The molecule has 1 atom stereocenters. The van der Waals surface area contributed by atoms with Gasteiger partial charge in [-0.2, -0.15) is 0 Å². The molecule has 0 fully saturated rings. The van der Waals surface area contributed by atoms with Gasteiger partial charge in [0.25, 0.3) is 0 Å². The van der Waals surface area contributed by atoms with Gasteiger partial charge in [0.2, 0.25) is 0 Å². The number of hydrogen-bond acceptors (Lipinski definition) is 3. The van der Waals surface area contributed by atoms with Crippen LogP contribution in [0.4, 0.5) is 0 Å². The summed E-state index contributed by atoms with van der Waals surface area (Å²) in [6.07, 6.45) is 21.3. The minimum atomic E-state index is -0.328. The second-order valence-corrected chi connectivity index (χ2v) is 10.5. The number of carbonyl (C=O) groups excluding carboxylic acids is 1. The lowest BCUT2D eigenvalue weighted by atomic mass is 10.0. The average Bonchev–Trinajstić information content (AvgIpc) is 2.92. The van der Waals surface area contributed by atoms with E-state index in [4.69, 9.17) is 9.47 Å². The normalized spacial score (nSPS) is 12.0. The summed E-state index contributed by atoms with van der Waals surface area (Å²) in [5, 5.41) is 0. The first-order chi connectivity index (χ1) is 18.1. The lowest BCUT2D eigenvalue weighted by molar-refractivity contribution is 0.0626. The molecule has 2 aromatic rings. The molecule has 0 radical (unpaired) electrons. The summed E-state index contributed by atoms with van der Waals surface area (Å²) in [5.41, 5.74) is 2.90. The lowest BCUT2D eigenvalue weighted by Crippen LogP contribution is -2.09. The molecule has 0 amide bonds. The molecule has 0 bridgehead atoms. The molecule has 0 aromatic heterocycles. The lowest BCUT2D eigenvalue weighted by Gasteiger charge is -2.14. The zero-order chi connectivity index (χ0) is 26.6. The highest BCUT2D eigenvalue weighted by molar-refractivity contribution is 5.91. The summed E-state index contributed by atoms with van der Waals surface area (Å²) < 4.78 is 11.6. The van der Waals surface area contributed by atoms with Crippen LogP contribution < -0.4 is 4.74 Å². The van der Waals surface area contributed by atoms with Crippen LogP contribution in [0.3, 0.4) is 0 Å². The molecule has 0 saturated heterocycles. The second kappa shape index (κ2) is 19.9. The van der Waals surface area contributed by atoms with Crippen molar-refractivity contribution < 1.29 is 14.3 Å². The minimum Gasteiger partial charge on any atom is -0.423 e. The summed E-state index contributed by atoms with van der Waals surface area (Å²) in [7, 11) is 0. The maximum absolute atomic E-state index is 12.5. The highest BCUT2D eigenvalue weighted by atomic mass is 16.5. The van der Waals surface area contributed by atoms with Crippen LogP contribution in [0.15, 0.2) is 48.5 Å². The van der Waals surface area contributed by atoms with E-state index in [0.29, 0.717) is 11.3 Å². The van der Waals surface area contributed by atoms with Crippen molar-refractivity contribution in [1.82, 2.24) is 0 Å². The van der Waals surface area contributed by atoms with E-state index in [-0.39, 0.29) is 12.1 Å². The Kier molecular flexibility index (Phi) is 16.7. The number of esters is 1. The zero-order valence-corrected chi connectivity index (χ0v) is 23.9. The average molecular weight is 509 g/mol. The van der Waals surface area contributed by atoms with Crippen molar-refractivity contribution in [2.75, 3.05) is 6.61 Å². The van der Waals surface area contributed by atoms with Crippen LogP contribution in [-0.4, -0.2) is 12.6 Å². The number of unbranched alkanes of at least 4 members (excludes halogenated alkanes) is 13. The first-order valence-corrected chi connectivity index (χ1v) is 15.2. The molecule has 0 aliphatic carbocycles. The van der Waals surface area contributed by atoms with Crippen molar-refractivity contribution in [3.05, 3.63) is 65.2 Å². The predicted molar refractivity (Wildman–Crippen MR) is 157 cm³/mol. The van der Waals surface area contributed by atoms with Gasteiger partial charge in [0.05, 0.1) is 11.7 Å². The van der Waals surface area contributed by atoms with Crippen LogP contribution in [0, 0.1) is 0 Å². The highest BCUT2D eigenvalue weighted by Gasteiger charge is 2.11. The zero-order valence-electron chi connectivity index (χ0n) is 23.9. The molecule has 0 spiro atoms. The van der Waals surface area contributed by atoms with E-state index in [0.717, 1.165) is 31.4 Å². The monoisotopic (exact) mass is 508 g/mol. The first-order valence-electron chi connectivity index (χ1n) is 15.2. The smallest absolute Gasteiger partial charge is 0.343 e. The fraction of sp³-hybridized carbons (Fsp3) is 0.618. The predicted octanol–water partition coefficient (Wildman–Crippen LogP) is 10.4. The number of benzene rings is 2. The van der Waals surface area contributed by atoms with Gasteiger partial charge in [-0.3, -0.25) is 0 Å². The summed E-state index contributed by atoms with van der Waals surface area (Å²) in [6, 6.07) is 15.4. The van der Waals surface area contributed by atoms with Gasteiger partial charge in [0, 0.05) is 6.61 Å². The van der Waals surface area contributed by atoms with E-state index in [1.807, 2.05) is 48.5 Å². The number of rotatable bonds is 21. The summed E-state index contributed by atoms with van der Waals surface area (Å²) >= 11 is 0. The molecule has 2 rings (SSSR count). The SMILES string of the molecule is CCCCCCCCCCCCCCCCOC(C)c1ccc(C(=O)Oc2ccc(CCC)cc2)cc1. The molecule has 0 aliphatic heterocycles. The van der Waals surface area contributed by atoms with Crippen molar-refractivity contribution in [3.63, 3.8) is 0 Å². The Balaban J connectivity index is 1.51. The fourth-order valence-corrected chi connectivity index (χ4v) is 4.72. The maximum Gasteiger partial charge on any atom is 0.343 e. The van der Waals surface area contributed by atoms with Crippen LogP contribution in [0.1, 0.15) is 145 Å². The van der Waals surface area contributed by atoms with Gasteiger partial charge in [0.1, 0.15) is 5.75 Å². The maximum atomic E-state index is 12.5. The molecule has 2 aromatic carbocycles. The summed E-state index contributed by atoms with van der Waals surface area (Å²) in [4.78, 5) is 12.5. The van der Waals surface area contributed by atoms with E-state index < -0.39 is 0 Å². The van der Waals surface area contributed by atoms with Crippen molar-refractivity contribution in [3.8, 4) is 5.75 Å². The van der Waals surface area contributed by atoms with Gasteiger partial charge >= 0.3 is 5.97 Å². The van der Waals surface area contributed by atoms with Gasteiger partial charge in [-0.25, -0.2) is 4.79 Å². The molecule has 0 N–H and O–H groups in total. The van der Waals surface area contributed by atoms with Crippen molar-refractivity contribution in [2.45, 2.75) is 130 Å². The molecule has 37 heavy (non-hydrogen) atoms. The van der Waals surface area contributed by atoms with Crippen molar-refractivity contribution in [2.24, 2.45) is 0 Å². The van der Waals surface area contributed by atoms with Crippen molar-refractivity contribution >= 4 is 5.97 Å². The van der Waals surface area contributed by atoms with Crippen LogP contribution in [0.2, 0.25) is 0 Å². The topological polar surface area (TPSA) is 35.5 Å². The molecule has 3 heteroatoms. The molecule has 206 valence electrons. The quantitative estimate of drug-likeness (QED) is 0.0955. The summed E-state index contributed by atoms with van der Waals surface area (Å²) in [5.74, 6) is 0.254. The fourth-order valence-electron chi connectivity index (χ4n) is 4.72. The first kappa shape index (κ1) is 31.1. The van der Waals surface area contributed by atoms with Gasteiger partial charge < -0.3 is 9.47 Å². The molecule has 1 unspecified atom stereocenters. The molecule has 0 saturated carbocycles. The van der Waals surface area contributed by atoms with Crippen LogP contribution >= 0.6 is 0 Å². The molecular formula is C34H52O3. The summed E-state index contributed by atoms with van der Waals surface area (Å²) in [6.45, 7) is 7.31. The Labute approximate surface area is 227 Å². The van der Waals surface area contributed by atoms with Gasteiger partial charge in [-0.05, 0) is 55.2 Å². The third kappa shape index (κ3) is 13.8. The van der Waals surface area contributed by atoms with Crippen LogP contribution in [0.25, 0.3) is 0 Å². The Morgan fingerprint density at radius 3 is 1.68 bits per heavy atom. The Morgan fingerprint density at radius 2 is 1.16 bits per heavy atom. The van der Waals surface area contributed by atoms with E-state index >= 15 is 0 Å². The number of hydrogen-bond donors (Lipinski definition) is 0. The number of ether oxygens (including phenoxy) is 2. The van der Waals surface area contributed by atoms with E-state index in [9.17, 15) is 4.79 Å². The molecular weight excluding hydrogens is 456 g/mol. The third-order valence-corrected chi connectivity index (χ3v) is 7.15. The molecule has 0 aliphatic rings.